The standard InChI is InChI=1S/C27H23FN4O3/c1-15-4-11-21-20(12-15)24-23(26(35-21)19-10-9-18(33-2)13-22(19)34-3)25(16-5-7-17(28)8-6-16)32-27(31-24)29-14-30-32/h4-14,25-26H,1-3H3,(H,29,30,31)/t25-,26+/m1/s1. The number of anilines is 1. The molecule has 3 heterocycles. The molecule has 0 amide bonds. The summed E-state index contributed by atoms with van der Waals surface area (Å²) in [5, 5.41) is 7.99. The Bertz CT molecular complexity index is 1460. The second kappa shape index (κ2) is 8.16. The predicted molar refractivity (Wildman–Crippen MR) is 129 cm³/mol. The van der Waals surface area contributed by atoms with Crippen LogP contribution in [0.15, 0.2) is 72.6 Å². The summed E-state index contributed by atoms with van der Waals surface area (Å²) >= 11 is 0. The molecule has 0 saturated carbocycles. The third-order valence-electron chi connectivity index (χ3n) is 6.48. The van der Waals surface area contributed by atoms with E-state index in [2.05, 4.69) is 21.5 Å². The summed E-state index contributed by atoms with van der Waals surface area (Å²) in [7, 11) is 3.24. The van der Waals surface area contributed by atoms with Gasteiger partial charge in [0.05, 0.1) is 19.9 Å². The lowest BCUT2D eigenvalue weighted by molar-refractivity contribution is 0.217. The summed E-state index contributed by atoms with van der Waals surface area (Å²) in [6.07, 6.45) is 0.999. The van der Waals surface area contributed by atoms with E-state index >= 15 is 0 Å². The van der Waals surface area contributed by atoms with Crippen LogP contribution in [0.5, 0.6) is 17.2 Å². The quantitative estimate of drug-likeness (QED) is 0.436. The Labute approximate surface area is 201 Å². The molecule has 0 radical (unpaired) electrons. The molecule has 0 unspecified atom stereocenters. The summed E-state index contributed by atoms with van der Waals surface area (Å²) in [6, 6.07) is 17.8. The van der Waals surface area contributed by atoms with Crippen molar-refractivity contribution in [3.63, 3.8) is 0 Å². The summed E-state index contributed by atoms with van der Waals surface area (Å²) in [5.41, 5.74) is 5.56. The molecule has 176 valence electrons. The van der Waals surface area contributed by atoms with E-state index in [1.807, 2.05) is 37.3 Å². The summed E-state index contributed by atoms with van der Waals surface area (Å²) in [5.74, 6) is 2.37. The van der Waals surface area contributed by atoms with Gasteiger partial charge in [-0.25, -0.2) is 9.07 Å². The van der Waals surface area contributed by atoms with Crippen LogP contribution in [0.1, 0.15) is 34.4 Å². The molecular weight excluding hydrogens is 447 g/mol. The van der Waals surface area contributed by atoms with Crippen molar-refractivity contribution in [1.29, 1.82) is 0 Å². The van der Waals surface area contributed by atoms with E-state index in [4.69, 9.17) is 14.2 Å². The Balaban J connectivity index is 1.63. The third kappa shape index (κ3) is 3.41. The number of hydrogen-bond acceptors (Lipinski definition) is 6. The van der Waals surface area contributed by atoms with E-state index in [1.54, 1.807) is 31.0 Å². The molecule has 3 aromatic carbocycles. The lowest BCUT2D eigenvalue weighted by Crippen LogP contribution is -2.32. The first kappa shape index (κ1) is 21.2. The largest absolute Gasteiger partial charge is 0.497 e. The highest BCUT2D eigenvalue weighted by Crippen LogP contribution is 2.52. The van der Waals surface area contributed by atoms with Crippen molar-refractivity contribution in [3.05, 3.63) is 101 Å². The van der Waals surface area contributed by atoms with Crippen molar-refractivity contribution in [1.82, 2.24) is 14.8 Å². The zero-order valence-corrected chi connectivity index (χ0v) is 19.4. The van der Waals surface area contributed by atoms with Crippen molar-refractivity contribution in [2.75, 3.05) is 19.5 Å². The maximum absolute atomic E-state index is 13.9. The van der Waals surface area contributed by atoms with Gasteiger partial charge in [-0.15, -0.1) is 0 Å². The topological polar surface area (TPSA) is 70.4 Å². The van der Waals surface area contributed by atoms with Gasteiger partial charge < -0.3 is 19.5 Å². The molecule has 35 heavy (non-hydrogen) atoms. The van der Waals surface area contributed by atoms with E-state index in [-0.39, 0.29) is 11.9 Å². The van der Waals surface area contributed by atoms with Gasteiger partial charge in [-0.2, -0.15) is 10.1 Å². The number of fused-ring (bicyclic) bond motifs is 3. The van der Waals surface area contributed by atoms with Gasteiger partial charge in [-0.1, -0.05) is 23.8 Å². The molecular formula is C27H23FN4O3. The number of methoxy groups -OCH3 is 2. The average Bonchev–Trinajstić information content (AvgIpc) is 3.36. The highest BCUT2D eigenvalue weighted by Gasteiger charge is 2.42. The number of aromatic nitrogens is 3. The molecule has 2 aliphatic heterocycles. The molecule has 6 rings (SSSR count). The fraction of sp³-hybridized carbons (Fsp3) is 0.185. The fourth-order valence-corrected chi connectivity index (χ4v) is 4.84. The molecule has 0 aliphatic carbocycles. The van der Waals surface area contributed by atoms with Crippen LogP contribution in [0, 0.1) is 12.7 Å². The first-order valence-corrected chi connectivity index (χ1v) is 11.2. The highest BCUT2D eigenvalue weighted by atomic mass is 19.1. The first-order chi connectivity index (χ1) is 17.1. The Morgan fingerprint density at radius 1 is 1.00 bits per heavy atom. The minimum atomic E-state index is -0.513. The van der Waals surface area contributed by atoms with Crippen LogP contribution in [-0.2, 0) is 0 Å². The number of aryl methyl sites for hydroxylation is 1. The van der Waals surface area contributed by atoms with Crippen LogP contribution in [-0.4, -0.2) is 29.0 Å². The van der Waals surface area contributed by atoms with Gasteiger partial charge in [0.2, 0.25) is 5.95 Å². The molecule has 2 aliphatic rings. The van der Waals surface area contributed by atoms with E-state index in [0.29, 0.717) is 17.4 Å². The first-order valence-electron chi connectivity index (χ1n) is 11.2. The molecule has 0 bridgehead atoms. The minimum Gasteiger partial charge on any atom is -0.497 e. The summed E-state index contributed by atoms with van der Waals surface area (Å²) < 4.78 is 33.5. The number of hydrogen-bond donors (Lipinski definition) is 1. The maximum Gasteiger partial charge on any atom is 0.226 e. The number of rotatable bonds is 4. The van der Waals surface area contributed by atoms with Gasteiger partial charge in [-0.05, 0) is 48.9 Å². The lowest BCUT2D eigenvalue weighted by atomic mass is 9.84. The molecule has 0 fully saturated rings. The Morgan fingerprint density at radius 3 is 2.60 bits per heavy atom. The smallest absolute Gasteiger partial charge is 0.226 e. The van der Waals surface area contributed by atoms with E-state index in [0.717, 1.165) is 39.3 Å². The number of nitrogens with zero attached hydrogens (tertiary/aromatic N) is 3. The maximum atomic E-state index is 13.9. The van der Waals surface area contributed by atoms with Crippen LogP contribution in [0.3, 0.4) is 0 Å². The molecule has 1 N–H and O–H groups in total. The average molecular weight is 471 g/mol. The van der Waals surface area contributed by atoms with Gasteiger partial charge >= 0.3 is 0 Å². The second-order valence-electron chi connectivity index (χ2n) is 8.54. The predicted octanol–water partition coefficient (Wildman–Crippen LogP) is 5.30. The van der Waals surface area contributed by atoms with Crippen LogP contribution in [0.2, 0.25) is 0 Å². The van der Waals surface area contributed by atoms with Crippen LogP contribution in [0.25, 0.3) is 5.70 Å². The molecule has 2 atom stereocenters. The van der Waals surface area contributed by atoms with E-state index in [1.165, 1.54) is 18.5 Å². The fourth-order valence-electron chi connectivity index (χ4n) is 4.84. The Morgan fingerprint density at radius 2 is 1.83 bits per heavy atom. The summed E-state index contributed by atoms with van der Waals surface area (Å²) in [6.45, 7) is 2.04. The van der Waals surface area contributed by atoms with Gasteiger partial charge in [0, 0.05) is 22.8 Å². The second-order valence-corrected chi connectivity index (χ2v) is 8.54. The normalized spacial score (nSPS) is 18.1. The molecule has 4 aromatic rings. The summed E-state index contributed by atoms with van der Waals surface area (Å²) in [4.78, 5) is 4.44. The molecule has 0 saturated heterocycles. The van der Waals surface area contributed by atoms with E-state index in [9.17, 15) is 4.39 Å². The highest BCUT2D eigenvalue weighted by molar-refractivity contribution is 5.85. The van der Waals surface area contributed by atoms with Crippen LogP contribution < -0.4 is 19.5 Å². The van der Waals surface area contributed by atoms with Gasteiger partial charge in [0.15, 0.2) is 6.10 Å². The van der Waals surface area contributed by atoms with Crippen LogP contribution >= 0.6 is 0 Å². The number of nitrogens with one attached hydrogen (secondary N) is 1. The number of benzene rings is 3. The molecule has 7 nitrogen and oxygen atoms in total. The monoisotopic (exact) mass is 470 g/mol. The zero-order valence-electron chi connectivity index (χ0n) is 19.4. The molecule has 8 heteroatoms. The SMILES string of the molecule is COc1ccc([C@@H]2Oc3ccc(C)cc3C3=C2[C@@H](c2ccc(F)cc2)n2ncnc2N3)c(OC)c1. The Kier molecular flexibility index (Phi) is 4.95. The third-order valence-corrected chi connectivity index (χ3v) is 6.48. The van der Waals surface area contributed by atoms with Crippen molar-refractivity contribution in [2.24, 2.45) is 0 Å². The molecule has 1 aromatic heterocycles. The van der Waals surface area contributed by atoms with Crippen molar-refractivity contribution >= 4 is 11.6 Å². The van der Waals surface area contributed by atoms with Gasteiger partial charge in [0.25, 0.3) is 0 Å². The lowest BCUT2D eigenvalue weighted by Gasteiger charge is -2.39. The number of ether oxygens (including phenoxy) is 3. The zero-order chi connectivity index (χ0) is 24.1. The molecule has 0 spiro atoms. The minimum absolute atomic E-state index is 0.301. The Hall–Kier alpha value is -4.33. The van der Waals surface area contributed by atoms with Gasteiger partial charge in [0.1, 0.15) is 35.4 Å². The number of halogens is 1. The van der Waals surface area contributed by atoms with E-state index < -0.39 is 6.10 Å². The van der Waals surface area contributed by atoms with Crippen molar-refractivity contribution in [3.8, 4) is 17.2 Å². The van der Waals surface area contributed by atoms with Crippen LogP contribution in [0.4, 0.5) is 10.3 Å². The van der Waals surface area contributed by atoms with Crippen molar-refractivity contribution in [2.45, 2.75) is 19.1 Å². The van der Waals surface area contributed by atoms with Gasteiger partial charge in [-0.3, -0.25) is 0 Å². The van der Waals surface area contributed by atoms with Crippen molar-refractivity contribution < 1.29 is 18.6 Å².